The number of carbonyl (C=O) groups is 1. The molecule has 0 bridgehead atoms. The summed E-state index contributed by atoms with van der Waals surface area (Å²) in [5.74, 6) is 0.424. The van der Waals surface area contributed by atoms with E-state index < -0.39 is 10.0 Å². The van der Waals surface area contributed by atoms with Gasteiger partial charge in [0.15, 0.2) is 0 Å². The van der Waals surface area contributed by atoms with Gasteiger partial charge < -0.3 is 14.8 Å². The molecule has 2 N–H and O–H groups in total. The average molecular weight is 370 g/mol. The number of methoxy groups -OCH3 is 2. The molecule has 1 aromatic carbocycles. The van der Waals surface area contributed by atoms with Crippen molar-refractivity contribution in [1.29, 1.82) is 0 Å². The molecule has 2 rings (SSSR count). The highest BCUT2D eigenvalue weighted by Gasteiger charge is 2.20. The number of ether oxygens (including phenoxy) is 2. The normalized spacial score (nSPS) is 15.6. The highest BCUT2D eigenvalue weighted by Crippen LogP contribution is 2.24. The molecule has 1 amide bonds. The summed E-state index contributed by atoms with van der Waals surface area (Å²) in [5, 5.41) is 2.63. The molecule has 1 saturated carbocycles. The molecule has 1 aliphatic rings. The quantitative estimate of drug-likeness (QED) is 0.726. The molecule has 0 radical (unpaired) electrons. The van der Waals surface area contributed by atoms with Crippen LogP contribution >= 0.6 is 0 Å². The number of nitrogens with one attached hydrogen (secondary N) is 2. The summed E-state index contributed by atoms with van der Waals surface area (Å²) < 4.78 is 37.2. The number of carbonyl (C=O) groups excluding carboxylic acids is 1. The molecule has 0 aliphatic heterocycles. The van der Waals surface area contributed by atoms with Crippen molar-refractivity contribution in [3.8, 4) is 11.5 Å². The van der Waals surface area contributed by atoms with Gasteiger partial charge in [0.05, 0.1) is 25.5 Å². The van der Waals surface area contributed by atoms with Crippen molar-refractivity contribution in [2.75, 3.05) is 26.5 Å². The van der Waals surface area contributed by atoms with Crippen molar-refractivity contribution in [1.82, 2.24) is 10.0 Å². The van der Waals surface area contributed by atoms with Crippen LogP contribution in [0.5, 0.6) is 11.5 Å². The van der Waals surface area contributed by atoms with E-state index in [4.69, 9.17) is 9.47 Å². The van der Waals surface area contributed by atoms with Crippen LogP contribution in [0.3, 0.4) is 0 Å². The van der Waals surface area contributed by atoms with Gasteiger partial charge in [0.25, 0.3) is 5.91 Å². The fourth-order valence-electron chi connectivity index (χ4n) is 2.91. The third-order valence-electron chi connectivity index (χ3n) is 4.26. The Hall–Kier alpha value is -1.80. The van der Waals surface area contributed by atoms with Crippen LogP contribution in [0.15, 0.2) is 18.2 Å². The van der Waals surface area contributed by atoms with Crippen LogP contribution in [-0.4, -0.2) is 46.9 Å². The molecule has 0 heterocycles. The van der Waals surface area contributed by atoms with Crippen molar-refractivity contribution >= 4 is 15.9 Å². The molecule has 7 nitrogen and oxygen atoms in total. The van der Waals surface area contributed by atoms with Gasteiger partial charge in [-0.1, -0.05) is 19.3 Å². The zero-order valence-corrected chi connectivity index (χ0v) is 15.5. The summed E-state index contributed by atoms with van der Waals surface area (Å²) in [4.78, 5) is 12.3. The van der Waals surface area contributed by atoms with Crippen molar-refractivity contribution in [3.63, 3.8) is 0 Å². The smallest absolute Gasteiger partial charge is 0.255 e. The predicted molar refractivity (Wildman–Crippen MR) is 95.7 cm³/mol. The lowest BCUT2D eigenvalue weighted by Crippen LogP contribution is -2.40. The summed E-state index contributed by atoms with van der Waals surface area (Å²) in [6.07, 6.45) is 5.05. The lowest BCUT2D eigenvalue weighted by molar-refractivity contribution is 0.0953. The molecule has 0 unspecified atom stereocenters. The molecule has 140 valence electrons. The summed E-state index contributed by atoms with van der Waals surface area (Å²) in [6.45, 7) is 0.0378. The summed E-state index contributed by atoms with van der Waals surface area (Å²) in [6, 6.07) is 4.87. The van der Waals surface area contributed by atoms with Crippen molar-refractivity contribution < 1.29 is 22.7 Å². The van der Waals surface area contributed by atoms with Gasteiger partial charge in [0.1, 0.15) is 11.5 Å². The SMILES string of the molecule is COc1ccc(C(=O)NCCS(=O)(=O)NC2CCCCC2)c(OC)c1. The van der Waals surface area contributed by atoms with Crippen LogP contribution in [0.1, 0.15) is 42.5 Å². The second kappa shape index (κ2) is 9.05. The second-order valence-electron chi connectivity index (χ2n) is 6.09. The maximum absolute atomic E-state index is 12.3. The van der Waals surface area contributed by atoms with E-state index in [-0.39, 0.29) is 24.2 Å². The van der Waals surface area contributed by atoms with E-state index >= 15 is 0 Å². The Morgan fingerprint density at radius 3 is 2.52 bits per heavy atom. The number of rotatable bonds is 8. The first-order valence-corrected chi connectivity index (χ1v) is 10.1. The molecule has 0 saturated heterocycles. The van der Waals surface area contributed by atoms with Gasteiger partial charge in [0, 0.05) is 18.7 Å². The molecule has 25 heavy (non-hydrogen) atoms. The topological polar surface area (TPSA) is 93.7 Å². The molecule has 0 aromatic heterocycles. The second-order valence-corrected chi connectivity index (χ2v) is 7.97. The van der Waals surface area contributed by atoms with E-state index in [1.165, 1.54) is 14.2 Å². The Balaban J connectivity index is 1.87. The first-order chi connectivity index (χ1) is 11.9. The average Bonchev–Trinajstić information content (AvgIpc) is 2.61. The van der Waals surface area contributed by atoms with Gasteiger partial charge in [0.2, 0.25) is 10.0 Å². The molecular formula is C17H26N2O5S. The summed E-state index contributed by atoms with van der Waals surface area (Å²) in [5.41, 5.74) is 0.334. The molecule has 0 atom stereocenters. The van der Waals surface area contributed by atoms with Crippen molar-refractivity contribution in [2.45, 2.75) is 38.1 Å². The fraction of sp³-hybridized carbons (Fsp3) is 0.588. The monoisotopic (exact) mass is 370 g/mol. The first-order valence-electron chi connectivity index (χ1n) is 8.45. The summed E-state index contributed by atoms with van der Waals surface area (Å²) >= 11 is 0. The number of benzene rings is 1. The Kier molecular flexibility index (Phi) is 7.07. The lowest BCUT2D eigenvalue weighted by atomic mass is 9.96. The fourth-order valence-corrected chi connectivity index (χ4v) is 4.15. The minimum absolute atomic E-state index is 0.0242. The largest absolute Gasteiger partial charge is 0.497 e. The van der Waals surface area contributed by atoms with Gasteiger partial charge in [-0.2, -0.15) is 0 Å². The van der Waals surface area contributed by atoms with Crippen LogP contribution in [0.2, 0.25) is 0 Å². The van der Waals surface area contributed by atoms with Crippen LogP contribution < -0.4 is 19.5 Å². The maximum atomic E-state index is 12.3. The molecule has 8 heteroatoms. The lowest BCUT2D eigenvalue weighted by Gasteiger charge is -2.22. The molecule has 1 fully saturated rings. The van der Waals surface area contributed by atoms with Crippen LogP contribution in [-0.2, 0) is 10.0 Å². The number of sulfonamides is 1. The zero-order chi connectivity index (χ0) is 18.3. The molecule has 1 aliphatic carbocycles. The summed E-state index contributed by atoms with van der Waals surface area (Å²) in [7, 11) is -0.413. The van der Waals surface area contributed by atoms with Crippen LogP contribution in [0.25, 0.3) is 0 Å². The van der Waals surface area contributed by atoms with E-state index in [0.717, 1.165) is 32.1 Å². The molecule has 1 aromatic rings. The molecular weight excluding hydrogens is 344 g/mol. The van der Waals surface area contributed by atoms with Gasteiger partial charge in [-0.25, -0.2) is 13.1 Å². The Labute approximate surface area is 149 Å². The van der Waals surface area contributed by atoms with E-state index in [9.17, 15) is 13.2 Å². The van der Waals surface area contributed by atoms with E-state index in [1.807, 2.05) is 0 Å². The minimum atomic E-state index is -3.40. The standard InChI is InChI=1S/C17H26N2O5S/c1-23-14-8-9-15(16(12-14)24-2)17(20)18-10-11-25(21,22)19-13-6-4-3-5-7-13/h8-9,12-13,19H,3-7,10-11H2,1-2H3,(H,18,20). The Morgan fingerprint density at radius 1 is 1.16 bits per heavy atom. The highest BCUT2D eigenvalue weighted by atomic mass is 32.2. The van der Waals surface area contributed by atoms with E-state index in [2.05, 4.69) is 10.0 Å². The Bertz CT molecular complexity index is 684. The van der Waals surface area contributed by atoms with Gasteiger partial charge >= 0.3 is 0 Å². The first kappa shape index (κ1) is 19.5. The van der Waals surface area contributed by atoms with E-state index in [0.29, 0.717) is 17.1 Å². The zero-order valence-electron chi connectivity index (χ0n) is 14.7. The number of amides is 1. The number of hydrogen-bond donors (Lipinski definition) is 2. The maximum Gasteiger partial charge on any atom is 0.255 e. The minimum Gasteiger partial charge on any atom is -0.497 e. The highest BCUT2D eigenvalue weighted by molar-refractivity contribution is 7.89. The van der Waals surface area contributed by atoms with Crippen LogP contribution in [0, 0.1) is 0 Å². The van der Waals surface area contributed by atoms with Gasteiger partial charge in [-0.3, -0.25) is 4.79 Å². The van der Waals surface area contributed by atoms with Crippen LogP contribution in [0.4, 0.5) is 0 Å². The predicted octanol–water partition coefficient (Wildman–Crippen LogP) is 1.69. The molecule has 0 spiro atoms. The number of hydrogen-bond acceptors (Lipinski definition) is 5. The Morgan fingerprint density at radius 2 is 1.88 bits per heavy atom. The third-order valence-corrected chi connectivity index (χ3v) is 5.70. The third kappa shape index (κ3) is 5.89. The van der Waals surface area contributed by atoms with E-state index in [1.54, 1.807) is 18.2 Å². The van der Waals surface area contributed by atoms with Crippen molar-refractivity contribution in [3.05, 3.63) is 23.8 Å². The van der Waals surface area contributed by atoms with Gasteiger partial charge in [-0.15, -0.1) is 0 Å². The van der Waals surface area contributed by atoms with Crippen molar-refractivity contribution in [2.24, 2.45) is 0 Å². The van der Waals surface area contributed by atoms with Gasteiger partial charge in [-0.05, 0) is 25.0 Å².